The molecule has 0 aromatic carbocycles. The van der Waals surface area contributed by atoms with Gasteiger partial charge in [0, 0.05) is 17.8 Å². The summed E-state index contributed by atoms with van der Waals surface area (Å²) in [6, 6.07) is 0.386. The Labute approximate surface area is 95.5 Å². The molecular formula is C10H20N2O2S. The number of hydrogen-bond donors (Lipinski definition) is 2. The van der Waals surface area contributed by atoms with E-state index in [1.165, 1.54) is 0 Å². The summed E-state index contributed by atoms with van der Waals surface area (Å²) in [6.45, 7) is 3.19. The van der Waals surface area contributed by atoms with Crippen LogP contribution in [0.4, 0.5) is 0 Å². The molecule has 5 heteroatoms. The van der Waals surface area contributed by atoms with Crippen LogP contribution in [0.2, 0.25) is 0 Å². The molecule has 15 heavy (non-hydrogen) atoms. The molecule has 3 atom stereocenters. The average Bonchev–Trinajstić information content (AvgIpc) is 2.65. The van der Waals surface area contributed by atoms with Crippen molar-refractivity contribution in [1.82, 2.24) is 10.6 Å². The molecule has 1 amide bonds. The van der Waals surface area contributed by atoms with Gasteiger partial charge in [0.25, 0.3) is 0 Å². The molecule has 88 valence electrons. The van der Waals surface area contributed by atoms with Gasteiger partial charge in [-0.1, -0.05) is 0 Å². The Morgan fingerprint density at radius 3 is 2.93 bits per heavy atom. The standard InChI is InChI=1S/C10H20N2O2S/c1-7(6-15-3)12-10(13)8-4-14-5-9(8)11-2/h7-9,11H,4-6H2,1-3H3,(H,12,13). The fourth-order valence-electron chi connectivity index (χ4n) is 1.74. The Morgan fingerprint density at radius 2 is 2.33 bits per heavy atom. The minimum atomic E-state index is -0.0423. The van der Waals surface area contributed by atoms with E-state index in [1.54, 1.807) is 11.8 Å². The zero-order valence-corrected chi connectivity index (χ0v) is 10.4. The van der Waals surface area contributed by atoms with Gasteiger partial charge in [0.2, 0.25) is 5.91 Å². The lowest BCUT2D eigenvalue weighted by Crippen LogP contribution is -2.45. The van der Waals surface area contributed by atoms with Gasteiger partial charge in [0.05, 0.1) is 19.1 Å². The summed E-state index contributed by atoms with van der Waals surface area (Å²) in [6.07, 6.45) is 2.04. The first-order valence-corrected chi connectivity index (χ1v) is 6.62. The SMILES string of the molecule is CNC1COCC1C(=O)NC(C)CSC. The molecular weight excluding hydrogens is 212 g/mol. The van der Waals surface area contributed by atoms with Crippen LogP contribution in [-0.2, 0) is 9.53 Å². The van der Waals surface area contributed by atoms with E-state index < -0.39 is 0 Å². The van der Waals surface area contributed by atoms with E-state index in [-0.39, 0.29) is 23.9 Å². The van der Waals surface area contributed by atoms with E-state index in [1.807, 2.05) is 20.2 Å². The number of rotatable bonds is 5. The van der Waals surface area contributed by atoms with Gasteiger partial charge < -0.3 is 15.4 Å². The van der Waals surface area contributed by atoms with E-state index in [2.05, 4.69) is 10.6 Å². The molecule has 4 nitrogen and oxygen atoms in total. The third-order valence-corrected chi connectivity index (χ3v) is 3.43. The molecule has 0 aliphatic carbocycles. The second-order valence-corrected chi connectivity index (χ2v) is 4.81. The Balaban J connectivity index is 2.38. The van der Waals surface area contributed by atoms with Crippen LogP contribution in [0.5, 0.6) is 0 Å². The summed E-state index contributed by atoms with van der Waals surface area (Å²) in [7, 11) is 1.87. The number of carbonyl (C=O) groups excluding carboxylic acids is 1. The molecule has 1 fully saturated rings. The molecule has 0 bridgehead atoms. The van der Waals surface area contributed by atoms with Crippen LogP contribution in [0.1, 0.15) is 6.92 Å². The smallest absolute Gasteiger partial charge is 0.227 e. The van der Waals surface area contributed by atoms with Crippen LogP contribution in [-0.4, -0.2) is 50.3 Å². The molecule has 3 unspecified atom stereocenters. The highest BCUT2D eigenvalue weighted by Crippen LogP contribution is 2.13. The summed E-state index contributed by atoms with van der Waals surface area (Å²) in [4.78, 5) is 11.9. The quantitative estimate of drug-likeness (QED) is 0.705. The van der Waals surface area contributed by atoms with E-state index in [0.717, 1.165) is 5.75 Å². The Hall–Kier alpha value is -0.260. The first-order valence-electron chi connectivity index (χ1n) is 5.23. The monoisotopic (exact) mass is 232 g/mol. The molecule has 0 aromatic rings. The maximum absolute atomic E-state index is 11.9. The van der Waals surface area contributed by atoms with Crippen LogP contribution in [0, 0.1) is 5.92 Å². The Kier molecular flexibility index (Phi) is 5.42. The number of hydrogen-bond acceptors (Lipinski definition) is 4. The lowest BCUT2D eigenvalue weighted by Gasteiger charge is -2.19. The van der Waals surface area contributed by atoms with Crippen molar-refractivity contribution in [2.45, 2.75) is 19.0 Å². The second-order valence-electron chi connectivity index (χ2n) is 3.90. The molecule has 0 aromatic heterocycles. The second kappa shape index (κ2) is 6.35. The molecule has 1 aliphatic heterocycles. The van der Waals surface area contributed by atoms with Gasteiger partial charge in [-0.05, 0) is 20.2 Å². The van der Waals surface area contributed by atoms with Crippen molar-refractivity contribution in [3.05, 3.63) is 0 Å². The predicted octanol–water partition coefficient (Wildman–Crippen LogP) is 0.0885. The number of ether oxygens (including phenoxy) is 1. The third-order valence-electron chi connectivity index (χ3n) is 2.59. The Morgan fingerprint density at radius 1 is 1.60 bits per heavy atom. The number of likely N-dealkylation sites (N-methyl/N-ethyl adjacent to an activating group) is 1. The number of thioether (sulfide) groups is 1. The fraction of sp³-hybridized carbons (Fsp3) is 0.900. The van der Waals surface area contributed by atoms with Gasteiger partial charge in [0.15, 0.2) is 0 Å². The summed E-state index contributed by atoms with van der Waals surface area (Å²) >= 11 is 1.74. The van der Waals surface area contributed by atoms with Gasteiger partial charge in [-0.15, -0.1) is 0 Å². The first-order chi connectivity index (χ1) is 7.19. The van der Waals surface area contributed by atoms with Crippen molar-refractivity contribution >= 4 is 17.7 Å². The molecule has 1 rings (SSSR count). The highest BCUT2D eigenvalue weighted by molar-refractivity contribution is 7.98. The highest BCUT2D eigenvalue weighted by Gasteiger charge is 2.33. The number of amides is 1. The molecule has 0 spiro atoms. The van der Waals surface area contributed by atoms with Gasteiger partial charge in [-0.25, -0.2) is 0 Å². The minimum absolute atomic E-state index is 0.0423. The highest BCUT2D eigenvalue weighted by atomic mass is 32.2. The van der Waals surface area contributed by atoms with Crippen molar-refractivity contribution < 1.29 is 9.53 Å². The van der Waals surface area contributed by atoms with Crippen molar-refractivity contribution in [2.75, 3.05) is 32.3 Å². The van der Waals surface area contributed by atoms with Crippen LogP contribution >= 0.6 is 11.8 Å². The minimum Gasteiger partial charge on any atom is -0.379 e. The van der Waals surface area contributed by atoms with Gasteiger partial charge in [-0.3, -0.25) is 4.79 Å². The topological polar surface area (TPSA) is 50.4 Å². The van der Waals surface area contributed by atoms with Crippen molar-refractivity contribution in [2.24, 2.45) is 5.92 Å². The maximum atomic E-state index is 11.9. The van der Waals surface area contributed by atoms with Gasteiger partial charge >= 0.3 is 0 Å². The largest absolute Gasteiger partial charge is 0.379 e. The fourth-order valence-corrected chi connectivity index (χ4v) is 2.32. The molecule has 0 radical (unpaired) electrons. The van der Waals surface area contributed by atoms with Crippen LogP contribution in [0.3, 0.4) is 0 Å². The Bertz CT molecular complexity index is 214. The first kappa shape index (κ1) is 12.8. The van der Waals surface area contributed by atoms with Gasteiger partial charge in [-0.2, -0.15) is 11.8 Å². The molecule has 1 saturated heterocycles. The summed E-state index contributed by atoms with van der Waals surface area (Å²) in [5, 5.41) is 6.12. The van der Waals surface area contributed by atoms with E-state index in [9.17, 15) is 4.79 Å². The van der Waals surface area contributed by atoms with Crippen LogP contribution < -0.4 is 10.6 Å². The zero-order chi connectivity index (χ0) is 11.3. The third kappa shape index (κ3) is 3.66. The van der Waals surface area contributed by atoms with Crippen LogP contribution in [0.15, 0.2) is 0 Å². The maximum Gasteiger partial charge on any atom is 0.227 e. The van der Waals surface area contributed by atoms with E-state index in [4.69, 9.17) is 4.74 Å². The molecule has 0 saturated carbocycles. The van der Waals surface area contributed by atoms with Crippen molar-refractivity contribution in [1.29, 1.82) is 0 Å². The van der Waals surface area contributed by atoms with Crippen LogP contribution in [0.25, 0.3) is 0 Å². The molecule has 1 heterocycles. The van der Waals surface area contributed by atoms with Crippen molar-refractivity contribution in [3.8, 4) is 0 Å². The van der Waals surface area contributed by atoms with E-state index in [0.29, 0.717) is 13.2 Å². The summed E-state index contributed by atoms with van der Waals surface area (Å²) in [5.41, 5.74) is 0. The number of carbonyl (C=O) groups is 1. The average molecular weight is 232 g/mol. The van der Waals surface area contributed by atoms with E-state index >= 15 is 0 Å². The summed E-state index contributed by atoms with van der Waals surface area (Å²) in [5.74, 6) is 1.01. The van der Waals surface area contributed by atoms with Gasteiger partial charge in [0.1, 0.15) is 0 Å². The molecule has 2 N–H and O–H groups in total. The van der Waals surface area contributed by atoms with Crippen molar-refractivity contribution in [3.63, 3.8) is 0 Å². The summed E-state index contributed by atoms with van der Waals surface area (Å²) < 4.78 is 5.29. The lowest BCUT2D eigenvalue weighted by molar-refractivity contribution is -0.125. The normalized spacial score (nSPS) is 27.7. The zero-order valence-electron chi connectivity index (χ0n) is 9.58. The molecule has 1 aliphatic rings. The lowest BCUT2D eigenvalue weighted by atomic mass is 10.0. The number of nitrogens with one attached hydrogen (secondary N) is 2. The predicted molar refractivity (Wildman–Crippen MR) is 63.1 cm³/mol.